The summed E-state index contributed by atoms with van der Waals surface area (Å²) in [7, 11) is 1.51. The molecule has 0 heterocycles. The largest absolute Gasteiger partial charge is 0.496 e. The van der Waals surface area contributed by atoms with Crippen molar-refractivity contribution in [3.8, 4) is 5.75 Å². The summed E-state index contributed by atoms with van der Waals surface area (Å²) in [5, 5.41) is 3.41. The van der Waals surface area contributed by atoms with E-state index in [9.17, 15) is 4.79 Å². The Balaban J connectivity index is 2.14. The molecule has 3 N–H and O–H groups in total. The van der Waals surface area contributed by atoms with Gasteiger partial charge >= 0.3 is 0 Å². The molecule has 1 aliphatic rings. The number of halogens is 1. The summed E-state index contributed by atoms with van der Waals surface area (Å²) in [5.41, 5.74) is 6.56. The van der Waals surface area contributed by atoms with Gasteiger partial charge in [-0.05, 0) is 31.7 Å². The van der Waals surface area contributed by atoms with E-state index in [1.165, 1.54) is 32.8 Å². The lowest BCUT2D eigenvalue weighted by atomic mass is 9.99. The third kappa shape index (κ3) is 3.18. The number of hydrogen-bond donors (Lipinski definition) is 2. The zero-order chi connectivity index (χ0) is 14.7. The number of amides is 1. The summed E-state index contributed by atoms with van der Waals surface area (Å²) < 4.78 is 5.21. The zero-order valence-electron chi connectivity index (χ0n) is 11.9. The summed E-state index contributed by atoms with van der Waals surface area (Å²) in [6.45, 7) is 2.05. The highest BCUT2D eigenvalue weighted by atomic mass is 35.5. The van der Waals surface area contributed by atoms with Crippen molar-refractivity contribution in [2.24, 2.45) is 5.92 Å². The second-order valence-corrected chi connectivity index (χ2v) is 5.79. The molecule has 2 rings (SSSR count). The molecule has 20 heavy (non-hydrogen) atoms. The Hall–Kier alpha value is -1.42. The molecule has 1 atom stereocenters. The van der Waals surface area contributed by atoms with Gasteiger partial charge in [0.25, 0.3) is 5.91 Å². The molecule has 110 valence electrons. The first kappa shape index (κ1) is 15.0. The fraction of sp³-hybridized carbons (Fsp3) is 0.533. The number of anilines is 1. The number of carbonyl (C=O) groups excluding carboxylic acids is 1. The Morgan fingerprint density at radius 1 is 1.45 bits per heavy atom. The average molecular weight is 297 g/mol. The maximum absolute atomic E-state index is 12.4. The molecule has 1 aromatic rings. The van der Waals surface area contributed by atoms with Crippen LogP contribution in [0.25, 0.3) is 0 Å². The molecule has 1 fully saturated rings. The van der Waals surface area contributed by atoms with E-state index in [4.69, 9.17) is 22.1 Å². The number of rotatable bonds is 4. The summed E-state index contributed by atoms with van der Waals surface area (Å²) in [5.74, 6) is 0.848. The van der Waals surface area contributed by atoms with Gasteiger partial charge in [-0.2, -0.15) is 0 Å². The maximum Gasteiger partial charge on any atom is 0.255 e. The van der Waals surface area contributed by atoms with E-state index in [1.807, 2.05) is 0 Å². The first-order valence-corrected chi connectivity index (χ1v) is 7.34. The van der Waals surface area contributed by atoms with Crippen molar-refractivity contribution in [1.82, 2.24) is 5.32 Å². The van der Waals surface area contributed by atoms with Gasteiger partial charge in [-0.3, -0.25) is 4.79 Å². The second-order valence-electron chi connectivity index (χ2n) is 5.38. The molecule has 4 nitrogen and oxygen atoms in total. The van der Waals surface area contributed by atoms with Crippen LogP contribution in [0.4, 0.5) is 5.69 Å². The van der Waals surface area contributed by atoms with Gasteiger partial charge in [-0.1, -0.05) is 24.4 Å². The van der Waals surface area contributed by atoms with Crippen molar-refractivity contribution in [1.29, 1.82) is 0 Å². The Morgan fingerprint density at radius 3 is 2.70 bits per heavy atom. The van der Waals surface area contributed by atoms with Crippen molar-refractivity contribution >= 4 is 23.2 Å². The summed E-state index contributed by atoms with van der Waals surface area (Å²) in [6.07, 6.45) is 4.87. The highest BCUT2D eigenvalue weighted by Crippen LogP contribution is 2.30. The quantitative estimate of drug-likeness (QED) is 0.838. The minimum Gasteiger partial charge on any atom is -0.496 e. The van der Waals surface area contributed by atoms with Crippen LogP contribution in [-0.2, 0) is 0 Å². The van der Waals surface area contributed by atoms with Gasteiger partial charge in [0.1, 0.15) is 5.75 Å². The number of nitrogens with two attached hydrogens (primary N) is 1. The van der Waals surface area contributed by atoms with Gasteiger partial charge in [0, 0.05) is 12.1 Å². The van der Waals surface area contributed by atoms with Crippen LogP contribution < -0.4 is 15.8 Å². The maximum atomic E-state index is 12.4. The Labute approximate surface area is 124 Å². The van der Waals surface area contributed by atoms with Crippen LogP contribution in [0.15, 0.2) is 12.1 Å². The second kappa shape index (κ2) is 6.35. The van der Waals surface area contributed by atoms with Crippen molar-refractivity contribution in [2.45, 2.75) is 38.6 Å². The number of nitrogens with one attached hydrogen (secondary N) is 1. The smallest absolute Gasteiger partial charge is 0.255 e. The molecule has 0 saturated heterocycles. The lowest BCUT2D eigenvalue weighted by molar-refractivity contribution is 0.0924. The molecule has 1 saturated carbocycles. The summed E-state index contributed by atoms with van der Waals surface area (Å²) in [6, 6.07) is 3.30. The van der Waals surface area contributed by atoms with Gasteiger partial charge < -0.3 is 15.8 Å². The van der Waals surface area contributed by atoms with Crippen molar-refractivity contribution in [2.75, 3.05) is 12.8 Å². The zero-order valence-corrected chi connectivity index (χ0v) is 12.7. The number of nitrogen functional groups attached to an aromatic ring is 1. The van der Waals surface area contributed by atoms with Crippen LogP contribution in [-0.4, -0.2) is 19.1 Å². The number of methoxy groups -OCH3 is 1. The monoisotopic (exact) mass is 296 g/mol. The normalized spacial score (nSPS) is 16.9. The van der Waals surface area contributed by atoms with Crippen LogP contribution in [0.1, 0.15) is 43.0 Å². The predicted molar refractivity (Wildman–Crippen MR) is 81.3 cm³/mol. The van der Waals surface area contributed by atoms with Gasteiger partial charge in [0.2, 0.25) is 0 Å². The molecule has 1 aromatic carbocycles. The van der Waals surface area contributed by atoms with E-state index < -0.39 is 0 Å². The van der Waals surface area contributed by atoms with E-state index in [0.717, 1.165) is 0 Å². The number of ether oxygens (including phenoxy) is 1. The highest BCUT2D eigenvalue weighted by Gasteiger charge is 2.24. The first-order valence-electron chi connectivity index (χ1n) is 6.96. The fourth-order valence-electron chi connectivity index (χ4n) is 2.78. The van der Waals surface area contributed by atoms with Crippen LogP contribution in [0.3, 0.4) is 0 Å². The SMILES string of the molecule is COc1cc(N)c(Cl)cc1C(=O)NC(C)C1CCCC1. The van der Waals surface area contributed by atoms with Crippen molar-refractivity contribution in [3.63, 3.8) is 0 Å². The molecule has 0 spiro atoms. The lowest BCUT2D eigenvalue weighted by Crippen LogP contribution is -2.37. The van der Waals surface area contributed by atoms with Gasteiger partial charge in [0.05, 0.1) is 23.4 Å². The van der Waals surface area contributed by atoms with Crippen molar-refractivity contribution in [3.05, 3.63) is 22.7 Å². The molecular weight excluding hydrogens is 276 g/mol. The Bertz CT molecular complexity index is 499. The van der Waals surface area contributed by atoms with Gasteiger partial charge in [0.15, 0.2) is 0 Å². The lowest BCUT2D eigenvalue weighted by Gasteiger charge is -2.21. The van der Waals surface area contributed by atoms with Gasteiger partial charge in [-0.15, -0.1) is 0 Å². The molecule has 1 unspecified atom stereocenters. The Kier molecular flexibility index (Phi) is 4.76. The highest BCUT2D eigenvalue weighted by molar-refractivity contribution is 6.33. The average Bonchev–Trinajstić information content (AvgIpc) is 2.95. The van der Waals surface area contributed by atoms with E-state index >= 15 is 0 Å². The number of carbonyl (C=O) groups is 1. The minimum absolute atomic E-state index is 0.158. The molecule has 0 aliphatic heterocycles. The van der Waals surface area contributed by atoms with Crippen LogP contribution >= 0.6 is 11.6 Å². The molecule has 1 aliphatic carbocycles. The predicted octanol–water partition coefficient (Wildman–Crippen LogP) is 3.24. The van der Waals surface area contributed by atoms with Crippen LogP contribution in [0.5, 0.6) is 5.75 Å². The summed E-state index contributed by atoms with van der Waals surface area (Å²) >= 11 is 5.99. The standard InChI is InChI=1S/C15H21ClN2O2/c1-9(10-5-3-4-6-10)18-15(19)11-7-12(16)13(17)8-14(11)20-2/h7-10H,3-6,17H2,1-2H3,(H,18,19). The van der Waals surface area contributed by atoms with Crippen LogP contribution in [0, 0.1) is 5.92 Å². The fourth-order valence-corrected chi connectivity index (χ4v) is 2.94. The molecular formula is C15H21ClN2O2. The van der Waals surface area contributed by atoms with Crippen molar-refractivity contribution < 1.29 is 9.53 Å². The van der Waals surface area contributed by atoms with E-state index in [1.54, 1.807) is 12.1 Å². The van der Waals surface area contributed by atoms with E-state index in [0.29, 0.717) is 27.9 Å². The topological polar surface area (TPSA) is 64.3 Å². The first-order chi connectivity index (χ1) is 9.52. The number of benzene rings is 1. The van der Waals surface area contributed by atoms with Gasteiger partial charge in [-0.25, -0.2) is 0 Å². The molecule has 0 radical (unpaired) electrons. The Morgan fingerprint density at radius 2 is 2.10 bits per heavy atom. The molecule has 5 heteroatoms. The molecule has 0 bridgehead atoms. The third-order valence-corrected chi connectivity index (χ3v) is 4.36. The molecule has 1 amide bonds. The van der Waals surface area contributed by atoms with E-state index in [-0.39, 0.29) is 11.9 Å². The molecule has 0 aromatic heterocycles. The number of hydrogen-bond acceptors (Lipinski definition) is 3. The third-order valence-electron chi connectivity index (χ3n) is 4.03. The summed E-state index contributed by atoms with van der Waals surface area (Å²) in [4.78, 5) is 12.4. The van der Waals surface area contributed by atoms with Crippen LogP contribution in [0.2, 0.25) is 5.02 Å². The minimum atomic E-state index is -0.164. The van der Waals surface area contributed by atoms with E-state index in [2.05, 4.69) is 12.2 Å².